The van der Waals surface area contributed by atoms with Crippen molar-refractivity contribution in [2.45, 2.75) is 33.4 Å². The molecular weight excluding hydrogens is 504 g/mol. The van der Waals surface area contributed by atoms with Crippen molar-refractivity contribution >= 4 is 47.0 Å². The first kappa shape index (κ1) is 23.8. The molecule has 0 radical (unpaired) electrons. The average Bonchev–Trinajstić information content (AvgIpc) is 3.19. The molecule has 3 rings (SSSR count). The largest absolute Gasteiger partial charge is 0.378 e. The summed E-state index contributed by atoms with van der Waals surface area (Å²) in [7, 11) is 0. The van der Waals surface area contributed by atoms with Gasteiger partial charge in [0.15, 0.2) is 5.96 Å². The van der Waals surface area contributed by atoms with E-state index in [-0.39, 0.29) is 29.8 Å². The van der Waals surface area contributed by atoms with Crippen LogP contribution < -0.4 is 15.5 Å². The number of rotatable bonds is 7. The van der Waals surface area contributed by atoms with Crippen LogP contribution in [0, 0.1) is 5.82 Å². The number of hydrogen-bond acceptors (Lipinski definition) is 5. The summed E-state index contributed by atoms with van der Waals surface area (Å²) in [5, 5.41) is 7.55. The van der Waals surface area contributed by atoms with Crippen molar-refractivity contribution in [2.24, 2.45) is 4.99 Å². The minimum atomic E-state index is -0.206. The molecule has 2 aromatic rings. The number of aromatic nitrogens is 1. The quantitative estimate of drug-likeness (QED) is 0.324. The summed E-state index contributed by atoms with van der Waals surface area (Å²) in [5.74, 6) is 0.496. The molecule has 0 aliphatic carbocycles. The van der Waals surface area contributed by atoms with Crippen molar-refractivity contribution in [1.29, 1.82) is 0 Å². The molecular formula is C20H29FIN5OS. The molecule has 6 nitrogen and oxygen atoms in total. The highest BCUT2D eigenvalue weighted by Gasteiger charge is 2.15. The molecule has 1 fully saturated rings. The standard InChI is InChI=1S/C20H28FN5OS.HI/c1-3-16-13-23-19(28-16)14-25-20(22-4-2)24-12-15-5-6-18(17(21)11-15)26-7-9-27-10-8-26;/h5-6,11,13H,3-4,7-10,12,14H2,1-2H3,(H2,22,24,25);1H. The van der Waals surface area contributed by atoms with Gasteiger partial charge in [-0.1, -0.05) is 13.0 Å². The Bertz CT molecular complexity index is 795. The number of guanidine groups is 1. The Labute approximate surface area is 193 Å². The van der Waals surface area contributed by atoms with Crippen molar-refractivity contribution in [1.82, 2.24) is 15.6 Å². The molecule has 0 bridgehead atoms. The zero-order valence-corrected chi connectivity index (χ0v) is 20.1. The van der Waals surface area contributed by atoms with Gasteiger partial charge < -0.3 is 20.3 Å². The Morgan fingerprint density at radius 2 is 2.07 bits per heavy atom. The molecule has 0 atom stereocenters. The maximum atomic E-state index is 14.5. The highest BCUT2D eigenvalue weighted by molar-refractivity contribution is 14.0. The number of anilines is 1. The van der Waals surface area contributed by atoms with Crippen LogP contribution in [0.2, 0.25) is 0 Å². The van der Waals surface area contributed by atoms with Crippen LogP contribution in [0.1, 0.15) is 29.3 Å². The van der Waals surface area contributed by atoms with E-state index in [1.54, 1.807) is 17.4 Å². The van der Waals surface area contributed by atoms with E-state index in [1.165, 1.54) is 4.88 Å². The van der Waals surface area contributed by atoms with Gasteiger partial charge in [-0.25, -0.2) is 14.4 Å². The van der Waals surface area contributed by atoms with Crippen LogP contribution in [0.4, 0.5) is 10.1 Å². The van der Waals surface area contributed by atoms with Crippen molar-refractivity contribution < 1.29 is 9.13 Å². The number of morpholine rings is 1. The zero-order valence-electron chi connectivity index (χ0n) is 16.9. The lowest BCUT2D eigenvalue weighted by atomic mass is 10.1. The number of aliphatic imine (C=N–C) groups is 1. The maximum absolute atomic E-state index is 14.5. The second kappa shape index (κ2) is 12.3. The van der Waals surface area contributed by atoms with E-state index in [0.717, 1.165) is 36.6 Å². The van der Waals surface area contributed by atoms with Crippen LogP contribution in [-0.2, 0) is 24.2 Å². The number of nitrogens with zero attached hydrogens (tertiary/aromatic N) is 3. The van der Waals surface area contributed by atoms with Crippen LogP contribution in [0.5, 0.6) is 0 Å². The SMILES string of the molecule is CCNC(=NCc1ccc(N2CCOCC2)c(F)c1)NCc1ncc(CC)s1.I. The molecule has 1 aliphatic heterocycles. The Morgan fingerprint density at radius 3 is 2.72 bits per heavy atom. The fourth-order valence-electron chi connectivity index (χ4n) is 2.97. The van der Waals surface area contributed by atoms with Gasteiger partial charge in [0.05, 0.1) is 32.0 Å². The Kier molecular flexibility index (Phi) is 10.1. The topological polar surface area (TPSA) is 61.8 Å². The number of nitrogens with one attached hydrogen (secondary N) is 2. The lowest BCUT2D eigenvalue weighted by Crippen LogP contribution is -2.37. The number of ether oxygens (including phenoxy) is 1. The number of benzene rings is 1. The van der Waals surface area contributed by atoms with E-state index < -0.39 is 0 Å². The first-order chi connectivity index (χ1) is 13.7. The lowest BCUT2D eigenvalue weighted by Gasteiger charge is -2.29. The third kappa shape index (κ3) is 7.07. The van der Waals surface area contributed by atoms with E-state index >= 15 is 0 Å². The van der Waals surface area contributed by atoms with Crippen LogP contribution in [-0.4, -0.2) is 43.8 Å². The van der Waals surface area contributed by atoms with Gasteiger partial charge in [0.1, 0.15) is 10.8 Å². The summed E-state index contributed by atoms with van der Waals surface area (Å²) < 4.78 is 19.9. The van der Waals surface area contributed by atoms with Crippen LogP contribution >= 0.6 is 35.3 Å². The fourth-order valence-corrected chi connectivity index (χ4v) is 3.78. The third-order valence-corrected chi connectivity index (χ3v) is 5.63. The minimum Gasteiger partial charge on any atom is -0.378 e. The van der Waals surface area contributed by atoms with Crippen LogP contribution in [0.15, 0.2) is 29.4 Å². The highest BCUT2D eigenvalue weighted by Crippen LogP contribution is 2.22. The molecule has 0 spiro atoms. The number of hydrogen-bond donors (Lipinski definition) is 2. The Morgan fingerprint density at radius 1 is 1.28 bits per heavy atom. The maximum Gasteiger partial charge on any atom is 0.191 e. The van der Waals surface area contributed by atoms with E-state index in [0.29, 0.717) is 38.0 Å². The molecule has 9 heteroatoms. The second-order valence-electron chi connectivity index (χ2n) is 6.51. The first-order valence-corrected chi connectivity index (χ1v) is 10.6. The van der Waals surface area contributed by atoms with Crippen molar-refractivity contribution in [2.75, 3.05) is 37.7 Å². The van der Waals surface area contributed by atoms with Crippen molar-refractivity contribution in [3.63, 3.8) is 0 Å². The van der Waals surface area contributed by atoms with E-state index in [4.69, 9.17) is 4.74 Å². The third-order valence-electron chi connectivity index (χ3n) is 4.48. The smallest absolute Gasteiger partial charge is 0.191 e. The predicted molar refractivity (Wildman–Crippen MR) is 128 cm³/mol. The number of thiazole rings is 1. The summed E-state index contributed by atoms with van der Waals surface area (Å²) in [4.78, 5) is 12.3. The minimum absolute atomic E-state index is 0. The fraction of sp³-hybridized carbons (Fsp3) is 0.500. The highest BCUT2D eigenvalue weighted by atomic mass is 127. The van der Waals surface area contributed by atoms with Gasteiger partial charge in [0, 0.05) is 30.7 Å². The molecule has 1 aromatic heterocycles. The summed E-state index contributed by atoms with van der Waals surface area (Å²) in [6.45, 7) is 8.66. The van der Waals surface area contributed by atoms with Gasteiger partial charge in [-0.2, -0.15) is 0 Å². The summed E-state index contributed by atoms with van der Waals surface area (Å²) in [6, 6.07) is 5.36. The van der Waals surface area contributed by atoms with Gasteiger partial charge in [-0.15, -0.1) is 35.3 Å². The van der Waals surface area contributed by atoms with Gasteiger partial charge in [0.25, 0.3) is 0 Å². The van der Waals surface area contributed by atoms with E-state index in [9.17, 15) is 4.39 Å². The molecule has 2 N–H and O–H groups in total. The van der Waals surface area contributed by atoms with Crippen LogP contribution in [0.25, 0.3) is 0 Å². The summed E-state index contributed by atoms with van der Waals surface area (Å²) in [6.07, 6.45) is 2.92. The van der Waals surface area contributed by atoms with Crippen molar-refractivity contribution in [3.8, 4) is 0 Å². The average molecular weight is 533 g/mol. The van der Waals surface area contributed by atoms with Gasteiger partial charge in [0.2, 0.25) is 0 Å². The predicted octanol–water partition coefficient (Wildman–Crippen LogP) is 3.55. The number of halogens is 2. The van der Waals surface area contributed by atoms with E-state index in [1.807, 2.05) is 30.2 Å². The monoisotopic (exact) mass is 533 g/mol. The van der Waals surface area contributed by atoms with Crippen LogP contribution in [0.3, 0.4) is 0 Å². The Balaban J connectivity index is 0.00000300. The van der Waals surface area contributed by atoms with Crippen molar-refractivity contribution in [3.05, 3.63) is 45.7 Å². The van der Waals surface area contributed by atoms with Gasteiger partial charge >= 0.3 is 0 Å². The molecule has 1 aliphatic rings. The zero-order chi connectivity index (χ0) is 19.8. The molecule has 1 saturated heterocycles. The van der Waals surface area contributed by atoms with E-state index in [2.05, 4.69) is 27.5 Å². The number of aryl methyl sites for hydroxylation is 1. The second-order valence-corrected chi connectivity index (χ2v) is 7.71. The summed E-state index contributed by atoms with van der Waals surface area (Å²) in [5.41, 5.74) is 1.48. The summed E-state index contributed by atoms with van der Waals surface area (Å²) >= 11 is 1.70. The molecule has 0 unspecified atom stereocenters. The normalized spacial score (nSPS) is 14.4. The van der Waals surface area contributed by atoms with Gasteiger partial charge in [-0.05, 0) is 31.0 Å². The lowest BCUT2D eigenvalue weighted by molar-refractivity contribution is 0.122. The molecule has 0 saturated carbocycles. The first-order valence-electron chi connectivity index (χ1n) is 9.76. The van der Waals surface area contributed by atoms with Gasteiger partial charge in [-0.3, -0.25) is 0 Å². The molecule has 160 valence electrons. The molecule has 2 heterocycles. The molecule has 29 heavy (non-hydrogen) atoms. The Hall–Kier alpha value is -1.46. The molecule has 0 amide bonds. The molecule has 1 aromatic carbocycles.